The van der Waals surface area contributed by atoms with Crippen molar-refractivity contribution in [3.05, 3.63) is 0 Å². The second kappa shape index (κ2) is 5.72. The van der Waals surface area contributed by atoms with Crippen molar-refractivity contribution in [3.63, 3.8) is 0 Å². The number of carboxylic acids is 1. The van der Waals surface area contributed by atoms with Crippen LogP contribution in [0.2, 0.25) is 0 Å². The third kappa shape index (κ3) is 3.03. The molecule has 1 aliphatic rings. The van der Waals surface area contributed by atoms with Gasteiger partial charge in [-0.2, -0.15) is 0 Å². The maximum atomic E-state index is 12.3. The van der Waals surface area contributed by atoms with E-state index < -0.39 is 11.4 Å². The van der Waals surface area contributed by atoms with Gasteiger partial charge in [-0.25, -0.2) is 0 Å². The van der Waals surface area contributed by atoms with Gasteiger partial charge in [0.2, 0.25) is 5.91 Å². The molecule has 0 bridgehead atoms. The van der Waals surface area contributed by atoms with E-state index in [2.05, 4.69) is 0 Å². The van der Waals surface area contributed by atoms with Crippen LogP contribution in [0.5, 0.6) is 0 Å². The van der Waals surface area contributed by atoms with Crippen molar-refractivity contribution in [1.82, 2.24) is 4.90 Å². The number of piperidine rings is 1. The average molecular weight is 255 g/mol. The van der Waals surface area contributed by atoms with Gasteiger partial charge in [-0.3, -0.25) is 9.59 Å². The quantitative estimate of drug-likeness (QED) is 0.839. The maximum Gasteiger partial charge on any atom is 0.310 e. The Balaban J connectivity index is 2.75. The number of aliphatic carboxylic acids is 1. The number of nitrogens with zero attached hydrogens (tertiary/aromatic N) is 1. The Bertz CT molecular complexity index is 327. The summed E-state index contributed by atoms with van der Waals surface area (Å²) in [5.74, 6) is -0.949. The Labute approximate surface area is 109 Å². The largest absolute Gasteiger partial charge is 0.481 e. The Morgan fingerprint density at radius 3 is 2.44 bits per heavy atom. The fourth-order valence-electron chi connectivity index (χ4n) is 2.41. The summed E-state index contributed by atoms with van der Waals surface area (Å²) in [4.78, 5) is 25.5. The summed E-state index contributed by atoms with van der Waals surface area (Å²) in [5.41, 5.74) is -0.964. The Hall–Kier alpha value is -1.06. The first-order chi connectivity index (χ1) is 8.29. The van der Waals surface area contributed by atoms with Crippen molar-refractivity contribution in [2.45, 2.75) is 59.4 Å². The molecule has 1 rings (SSSR count). The number of likely N-dealkylation sites (tertiary alicyclic amines) is 1. The first-order valence-electron chi connectivity index (χ1n) is 6.82. The molecule has 1 fully saturated rings. The zero-order valence-electron chi connectivity index (χ0n) is 11.9. The van der Waals surface area contributed by atoms with Crippen LogP contribution in [0.15, 0.2) is 0 Å². The molecular formula is C14H25NO3. The van der Waals surface area contributed by atoms with Crippen LogP contribution in [-0.2, 0) is 9.59 Å². The summed E-state index contributed by atoms with van der Waals surface area (Å²) in [6.45, 7) is 8.22. The van der Waals surface area contributed by atoms with E-state index >= 15 is 0 Å². The summed E-state index contributed by atoms with van der Waals surface area (Å²) >= 11 is 0. The van der Waals surface area contributed by atoms with Gasteiger partial charge in [-0.1, -0.05) is 13.8 Å². The van der Waals surface area contributed by atoms with E-state index in [-0.39, 0.29) is 24.3 Å². The standard InChI is InChI=1S/C14H25NO3/c1-10(2)14(4,13(17)18)9-12(16)15-8-6-5-7-11(15)3/h10-11H,5-9H2,1-4H3,(H,17,18). The molecule has 2 atom stereocenters. The summed E-state index contributed by atoms with van der Waals surface area (Å²) < 4.78 is 0. The van der Waals surface area contributed by atoms with Crippen molar-refractivity contribution < 1.29 is 14.7 Å². The number of carbonyl (C=O) groups is 2. The Morgan fingerprint density at radius 2 is 2.00 bits per heavy atom. The minimum absolute atomic E-state index is 0.0131. The third-order valence-electron chi connectivity index (χ3n) is 4.40. The van der Waals surface area contributed by atoms with Gasteiger partial charge >= 0.3 is 5.97 Å². The highest BCUT2D eigenvalue weighted by Crippen LogP contribution is 2.33. The Morgan fingerprint density at radius 1 is 1.39 bits per heavy atom. The number of carbonyl (C=O) groups excluding carboxylic acids is 1. The van der Waals surface area contributed by atoms with E-state index in [0.717, 1.165) is 25.8 Å². The summed E-state index contributed by atoms with van der Waals surface area (Å²) in [6, 6.07) is 0.247. The second-order valence-corrected chi connectivity index (χ2v) is 5.99. The van der Waals surface area contributed by atoms with Gasteiger partial charge in [0.25, 0.3) is 0 Å². The minimum Gasteiger partial charge on any atom is -0.481 e. The van der Waals surface area contributed by atoms with E-state index in [0.29, 0.717) is 0 Å². The van der Waals surface area contributed by atoms with E-state index in [4.69, 9.17) is 0 Å². The molecule has 1 aliphatic heterocycles. The second-order valence-electron chi connectivity index (χ2n) is 5.99. The number of hydrogen-bond acceptors (Lipinski definition) is 2. The molecule has 1 amide bonds. The number of rotatable bonds is 4. The van der Waals surface area contributed by atoms with Crippen LogP contribution in [0.3, 0.4) is 0 Å². The lowest BCUT2D eigenvalue weighted by molar-refractivity contribution is -0.156. The highest BCUT2D eigenvalue weighted by Gasteiger charge is 2.40. The van der Waals surface area contributed by atoms with Crippen LogP contribution in [0.4, 0.5) is 0 Å². The van der Waals surface area contributed by atoms with Crippen molar-refractivity contribution >= 4 is 11.9 Å². The van der Waals surface area contributed by atoms with Gasteiger partial charge in [0.05, 0.1) is 5.41 Å². The van der Waals surface area contributed by atoms with Crippen LogP contribution < -0.4 is 0 Å². The van der Waals surface area contributed by atoms with Crippen molar-refractivity contribution in [1.29, 1.82) is 0 Å². The maximum absolute atomic E-state index is 12.3. The first kappa shape index (κ1) is 15.0. The molecule has 0 aromatic heterocycles. The zero-order chi connectivity index (χ0) is 13.9. The van der Waals surface area contributed by atoms with Gasteiger partial charge in [0.1, 0.15) is 0 Å². The summed E-state index contributed by atoms with van der Waals surface area (Å²) in [6.07, 6.45) is 3.31. The molecule has 0 spiro atoms. The minimum atomic E-state index is -0.964. The molecule has 0 aromatic rings. The van der Waals surface area contributed by atoms with Crippen LogP contribution in [0, 0.1) is 11.3 Å². The fraction of sp³-hybridized carbons (Fsp3) is 0.857. The molecule has 2 unspecified atom stereocenters. The lowest BCUT2D eigenvalue weighted by atomic mass is 9.76. The topological polar surface area (TPSA) is 57.6 Å². The van der Waals surface area contributed by atoms with Crippen molar-refractivity contribution in [2.24, 2.45) is 11.3 Å². The number of amides is 1. The fourth-order valence-corrected chi connectivity index (χ4v) is 2.41. The first-order valence-corrected chi connectivity index (χ1v) is 6.82. The lowest BCUT2D eigenvalue weighted by Crippen LogP contribution is -2.46. The molecule has 18 heavy (non-hydrogen) atoms. The van der Waals surface area contributed by atoms with Gasteiger partial charge < -0.3 is 10.0 Å². The lowest BCUT2D eigenvalue weighted by Gasteiger charge is -2.37. The Kier molecular flexibility index (Phi) is 4.77. The monoisotopic (exact) mass is 255 g/mol. The third-order valence-corrected chi connectivity index (χ3v) is 4.40. The van der Waals surface area contributed by atoms with Gasteiger partial charge in [0.15, 0.2) is 0 Å². The smallest absolute Gasteiger partial charge is 0.310 e. The number of carboxylic acid groups (broad SMARTS) is 1. The highest BCUT2D eigenvalue weighted by atomic mass is 16.4. The zero-order valence-corrected chi connectivity index (χ0v) is 11.9. The molecule has 104 valence electrons. The highest BCUT2D eigenvalue weighted by molar-refractivity contribution is 5.85. The molecule has 1 N–H and O–H groups in total. The van der Waals surface area contributed by atoms with E-state index in [9.17, 15) is 14.7 Å². The van der Waals surface area contributed by atoms with Crippen molar-refractivity contribution in [3.8, 4) is 0 Å². The van der Waals surface area contributed by atoms with E-state index in [1.807, 2.05) is 25.7 Å². The molecule has 4 nitrogen and oxygen atoms in total. The van der Waals surface area contributed by atoms with E-state index in [1.54, 1.807) is 6.92 Å². The SMILES string of the molecule is CC1CCCCN1C(=O)CC(C)(C(=O)O)C(C)C. The van der Waals surface area contributed by atoms with Crippen molar-refractivity contribution in [2.75, 3.05) is 6.54 Å². The molecular weight excluding hydrogens is 230 g/mol. The normalized spacial score (nSPS) is 23.8. The predicted molar refractivity (Wildman–Crippen MR) is 70.2 cm³/mol. The molecule has 0 aromatic carbocycles. The summed E-state index contributed by atoms with van der Waals surface area (Å²) in [5, 5.41) is 9.35. The molecule has 4 heteroatoms. The van der Waals surface area contributed by atoms with Gasteiger partial charge in [0, 0.05) is 19.0 Å². The molecule has 0 radical (unpaired) electrons. The van der Waals surface area contributed by atoms with Gasteiger partial charge in [-0.05, 0) is 39.0 Å². The van der Waals surface area contributed by atoms with Crippen LogP contribution >= 0.6 is 0 Å². The molecule has 0 saturated carbocycles. The molecule has 1 saturated heterocycles. The summed E-state index contributed by atoms with van der Waals surface area (Å²) in [7, 11) is 0. The molecule has 1 heterocycles. The predicted octanol–water partition coefficient (Wildman–Crippen LogP) is 2.52. The van der Waals surface area contributed by atoms with Crippen LogP contribution in [0.1, 0.15) is 53.4 Å². The van der Waals surface area contributed by atoms with E-state index in [1.165, 1.54) is 0 Å². The van der Waals surface area contributed by atoms with Crippen LogP contribution in [0.25, 0.3) is 0 Å². The van der Waals surface area contributed by atoms with Gasteiger partial charge in [-0.15, -0.1) is 0 Å². The molecule has 0 aliphatic carbocycles. The average Bonchev–Trinajstić information content (AvgIpc) is 2.28. The van der Waals surface area contributed by atoms with Crippen LogP contribution in [-0.4, -0.2) is 34.5 Å². The number of hydrogen-bond donors (Lipinski definition) is 1.